The van der Waals surface area contributed by atoms with Gasteiger partial charge in [-0.2, -0.15) is 0 Å². The molecule has 0 spiro atoms. The van der Waals surface area contributed by atoms with Crippen molar-refractivity contribution in [1.82, 2.24) is 0 Å². The first-order valence-corrected chi connectivity index (χ1v) is 7.71. The van der Waals surface area contributed by atoms with Crippen LogP contribution in [0.4, 0.5) is 10.1 Å². The maximum absolute atomic E-state index is 13.5. The quantitative estimate of drug-likeness (QED) is 0.923. The Bertz CT molecular complexity index is 696. The second-order valence-electron chi connectivity index (χ2n) is 4.05. The summed E-state index contributed by atoms with van der Waals surface area (Å²) in [5, 5.41) is 0. The second kappa shape index (κ2) is 5.30. The molecular formula is C13H11BrFNO2S. The topological polar surface area (TPSA) is 46.2 Å². The molecule has 0 amide bonds. The average molecular weight is 344 g/mol. The number of sulfonamides is 1. The Morgan fingerprint density at radius 3 is 2.47 bits per heavy atom. The number of nitrogens with one attached hydrogen (secondary N) is 1. The van der Waals surface area contributed by atoms with Crippen LogP contribution in [0.1, 0.15) is 5.56 Å². The molecule has 0 atom stereocenters. The van der Waals surface area contributed by atoms with Crippen molar-refractivity contribution < 1.29 is 12.8 Å². The number of aryl methyl sites for hydroxylation is 1. The molecular weight excluding hydrogens is 333 g/mol. The van der Waals surface area contributed by atoms with Gasteiger partial charge in [0.15, 0.2) is 0 Å². The molecule has 0 aliphatic heterocycles. The van der Waals surface area contributed by atoms with E-state index in [1.54, 1.807) is 12.1 Å². The van der Waals surface area contributed by atoms with Crippen LogP contribution >= 0.6 is 15.9 Å². The zero-order chi connectivity index (χ0) is 14.0. The Labute approximate surface area is 119 Å². The third-order valence-corrected chi connectivity index (χ3v) is 4.29. The van der Waals surface area contributed by atoms with Crippen molar-refractivity contribution in [2.45, 2.75) is 11.8 Å². The first-order chi connectivity index (χ1) is 8.88. The molecule has 1 N–H and O–H groups in total. The predicted octanol–water partition coefficient (Wildman–Crippen LogP) is 3.70. The lowest BCUT2D eigenvalue weighted by Gasteiger charge is -2.10. The molecule has 0 unspecified atom stereocenters. The third kappa shape index (κ3) is 3.33. The van der Waals surface area contributed by atoms with Gasteiger partial charge in [-0.05, 0) is 42.8 Å². The molecule has 0 bridgehead atoms. The van der Waals surface area contributed by atoms with Gasteiger partial charge in [0, 0.05) is 4.47 Å². The molecule has 19 heavy (non-hydrogen) atoms. The van der Waals surface area contributed by atoms with Gasteiger partial charge in [0.25, 0.3) is 10.0 Å². The highest BCUT2D eigenvalue weighted by Gasteiger charge is 2.18. The van der Waals surface area contributed by atoms with Crippen molar-refractivity contribution in [2.75, 3.05) is 4.72 Å². The Kier molecular flexibility index (Phi) is 3.91. The summed E-state index contributed by atoms with van der Waals surface area (Å²) in [5.74, 6) is -0.776. The summed E-state index contributed by atoms with van der Waals surface area (Å²) in [7, 11) is -3.92. The van der Waals surface area contributed by atoms with E-state index in [1.165, 1.54) is 18.2 Å². The van der Waals surface area contributed by atoms with Gasteiger partial charge < -0.3 is 0 Å². The fraction of sp³-hybridized carbons (Fsp3) is 0.0769. The molecule has 0 aromatic heterocycles. The summed E-state index contributed by atoms with van der Waals surface area (Å²) in [6.45, 7) is 1.84. The van der Waals surface area contributed by atoms with Crippen LogP contribution in [-0.4, -0.2) is 8.42 Å². The van der Waals surface area contributed by atoms with Gasteiger partial charge in [0.1, 0.15) is 10.7 Å². The van der Waals surface area contributed by atoms with Crippen molar-refractivity contribution in [2.24, 2.45) is 0 Å². The first kappa shape index (κ1) is 14.0. The summed E-state index contributed by atoms with van der Waals surface area (Å²) >= 11 is 3.28. The predicted molar refractivity (Wildman–Crippen MR) is 76.1 cm³/mol. The molecule has 0 radical (unpaired) electrons. The standard InChI is InChI=1S/C13H11BrFNO2S/c1-9-6-10(14)8-11(7-9)16-19(17,18)13-5-3-2-4-12(13)15/h2-8,16H,1H3. The van der Waals surface area contributed by atoms with Crippen LogP contribution in [0.5, 0.6) is 0 Å². The van der Waals surface area contributed by atoms with E-state index >= 15 is 0 Å². The van der Waals surface area contributed by atoms with Gasteiger partial charge in [-0.3, -0.25) is 4.72 Å². The molecule has 3 nitrogen and oxygen atoms in total. The Morgan fingerprint density at radius 2 is 1.84 bits per heavy atom. The van der Waals surface area contributed by atoms with Crippen LogP contribution in [0.15, 0.2) is 51.8 Å². The molecule has 0 heterocycles. The van der Waals surface area contributed by atoms with E-state index in [9.17, 15) is 12.8 Å². The van der Waals surface area contributed by atoms with Gasteiger partial charge >= 0.3 is 0 Å². The zero-order valence-electron chi connectivity index (χ0n) is 10.0. The number of hydrogen-bond acceptors (Lipinski definition) is 2. The third-order valence-electron chi connectivity index (χ3n) is 2.42. The highest BCUT2D eigenvalue weighted by molar-refractivity contribution is 9.10. The van der Waals surface area contributed by atoms with E-state index in [2.05, 4.69) is 20.7 Å². The summed E-state index contributed by atoms with van der Waals surface area (Å²) in [6.07, 6.45) is 0. The molecule has 2 rings (SSSR count). The fourth-order valence-corrected chi connectivity index (χ4v) is 3.40. The number of anilines is 1. The lowest BCUT2D eigenvalue weighted by molar-refractivity contribution is 0.570. The first-order valence-electron chi connectivity index (χ1n) is 5.43. The van der Waals surface area contributed by atoms with Crippen molar-refractivity contribution in [3.8, 4) is 0 Å². The minimum atomic E-state index is -3.92. The lowest BCUT2D eigenvalue weighted by atomic mass is 10.2. The summed E-state index contributed by atoms with van der Waals surface area (Å²) in [6, 6.07) is 10.4. The molecule has 0 fully saturated rings. The summed E-state index contributed by atoms with van der Waals surface area (Å²) in [4.78, 5) is -0.368. The fourth-order valence-electron chi connectivity index (χ4n) is 1.67. The minimum absolute atomic E-state index is 0.368. The van der Waals surface area contributed by atoms with E-state index in [-0.39, 0.29) is 4.90 Å². The molecule has 0 aliphatic rings. The minimum Gasteiger partial charge on any atom is -0.279 e. The molecule has 0 aliphatic carbocycles. The molecule has 6 heteroatoms. The smallest absolute Gasteiger partial charge is 0.264 e. The second-order valence-corrected chi connectivity index (χ2v) is 6.62. The maximum atomic E-state index is 13.5. The maximum Gasteiger partial charge on any atom is 0.264 e. The molecule has 2 aromatic carbocycles. The van der Waals surface area contributed by atoms with Gasteiger partial charge in [0.2, 0.25) is 0 Å². The zero-order valence-corrected chi connectivity index (χ0v) is 12.4. The average Bonchev–Trinajstić information content (AvgIpc) is 2.26. The van der Waals surface area contributed by atoms with E-state index in [4.69, 9.17) is 0 Å². The number of benzene rings is 2. The van der Waals surface area contributed by atoms with Gasteiger partial charge in [-0.1, -0.05) is 28.1 Å². The Hall–Kier alpha value is -1.40. The van der Waals surface area contributed by atoms with Crippen LogP contribution in [0, 0.1) is 12.7 Å². The summed E-state index contributed by atoms with van der Waals surface area (Å²) in [5.41, 5.74) is 1.27. The van der Waals surface area contributed by atoms with Gasteiger partial charge in [-0.25, -0.2) is 12.8 Å². The van der Waals surface area contributed by atoms with E-state index < -0.39 is 15.8 Å². The van der Waals surface area contributed by atoms with Crippen molar-refractivity contribution >= 4 is 31.6 Å². The van der Waals surface area contributed by atoms with Crippen LogP contribution in [0.2, 0.25) is 0 Å². The Morgan fingerprint density at radius 1 is 1.16 bits per heavy atom. The normalized spacial score (nSPS) is 11.3. The number of halogens is 2. The van der Waals surface area contributed by atoms with Crippen LogP contribution < -0.4 is 4.72 Å². The highest BCUT2D eigenvalue weighted by atomic mass is 79.9. The largest absolute Gasteiger partial charge is 0.279 e. The monoisotopic (exact) mass is 343 g/mol. The molecule has 0 saturated heterocycles. The van der Waals surface area contributed by atoms with Crippen LogP contribution in [-0.2, 0) is 10.0 Å². The van der Waals surface area contributed by atoms with Gasteiger partial charge in [0.05, 0.1) is 5.69 Å². The van der Waals surface area contributed by atoms with Gasteiger partial charge in [-0.15, -0.1) is 0 Å². The molecule has 100 valence electrons. The van der Waals surface area contributed by atoms with E-state index in [0.29, 0.717) is 5.69 Å². The number of rotatable bonds is 3. The van der Waals surface area contributed by atoms with Crippen molar-refractivity contribution in [3.05, 3.63) is 58.3 Å². The van der Waals surface area contributed by atoms with Crippen molar-refractivity contribution in [1.29, 1.82) is 0 Å². The number of hydrogen-bond donors (Lipinski definition) is 1. The Balaban J connectivity index is 2.39. The van der Waals surface area contributed by atoms with Crippen molar-refractivity contribution in [3.63, 3.8) is 0 Å². The SMILES string of the molecule is Cc1cc(Br)cc(NS(=O)(=O)c2ccccc2F)c1. The lowest BCUT2D eigenvalue weighted by Crippen LogP contribution is -2.14. The van der Waals surface area contributed by atoms with Crippen LogP contribution in [0.25, 0.3) is 0 Å². The molecule has 0 saturated carbocycles. The van der Waals surface area contributed by atoms with E-state index in [0.717, 1.165) is 16.1 Å². The summed E-state index contributed by atoms with van der Waals surface area (Å²) < 4.78 is 40.8. The van der Waals surface area contributed by atoms with E-state index in [1.807, 2.05) is 13.0 Å². The molecule has 2 aromatic rings. The van der Waals surface area contributed by atoms with Crippen LogP contribution in [0.3, 0.4) is 0 Å². The highest BCUT2D eigenvalue weighted by Crippen LogP contribution is 2.23.